The van der Waals surface area contributed by atoms with E-state index >= 15 is 0 Å². The first-order valence-electron chi connectivity index (χ1n) is 10.9. The van der Waals surface area contributed by atoms with Crippen LogP contribution in [0.3, 0.4) is 0 Å². The molecule has 0 bridgehead atoms. The smallest absolute Gasteiger partial charge is 0.399 e. The molecule has 1 saturated heterocycles. The van der Waals surface area contributed by atoms with Crippen molar-refractivity contribution < 1.29 is 16.2 Å². The lowest BCUT2D eigenvalue weighted by molar-refractivity contribution is 0.00578. The molecule has 0 amide bonds. The van der Waals surface area contributed by atoms with Gasteiger partial charge in [0.2, 0.25) is 0 Å². The summed E-state index contributed by atoms with van der Waals surface area (Å²) in [5.41, 5.74) is 0.629. The normalized spacial score (nSPS) is 21.4. The number of rotatable bonds is 2. The summed E-state index contributed by atoms with van der Waals surface area (Å²) in [6.07, 6.45) is 0. The Balaban J connectivity index is 1.91. The van der Waals surface area contributed by atoms with E-state index in [0.717, 1.165) is 16.2 Å². The van der Waals surface area contributed by atoms with E-state index in [-0.39, 0.29) is 29.7 Å². The van der Waals surface area contributed by atoms with Crippen molar-refractivity contribution in [3.05, 3.63) is 66.6 Å². The van der Waals surface area contributed by atoms with Crippen LogP contribution < -0.4 is 5.46 Å². The lowest BCUT2D eigenvalue weighted by atomic mass is 9.75. The highest BCUT2D eigenvalue weighted by Crippen LogP contribution is 2.37. The second kappa shape index (κ2) is 5.72. The Morgan fingerprint density at radius 3 is 2.20 bits per heavy atom. The highest BCUT2D eigenvalue weighted by molar-refractivity contribution is 6.65. The number of hydrogen-bond acceptors (Lipinski definition) is 2. The molecule has 1 aliphatic heterocycles. The van der Waals surface area contributed by atoms with Gasteiger partial charge in [-0.25, -0.2) is 0 Å². The summed E-state index contributed by atoms with van der Waals surface area (Å²) in [5, 5.41) is 1.82. The Labute approximate surface area is 156 Å². The van der Waals surface area contributed by atoms with Gasteiger partial charge in [-0.3, -0.25) is 0 Å². The van der Waals surface area contributed by atoms with E-state index in [0.29, 0.717) is 5.56 Å². The molecular formula is C22H23BO2. The molecule has 4 rings (SSSR count). The van der Waals surface area contributed by atoms with Gasteiger partial charge in [-0.15, -0.1) is 0 Å². The van der Waals surface area contributed by atoms with Crippen LogP contribution in [0.2, 0.25) is 0 Å². The van der Waals surface area contributed by atoms with Gasteiger partial charge in [-0.1, -0.05) is 60.5 Å². The van der Waals surface area contributed by atoms with Crippen LogP contribution >= 0.6 is 0 Å². The van der Waals surface area contributed by atoms with E-state index in [4.69, 9.17) is 16.2 Å². The number of fused-ring (bicyclic) bond motifs is 1. The van der Waals surface area contributed by atoms with Crippen LogP contribution in [0.1, 0.15) is 34.5 Å². The van der Waals surface area contributed by atoms with Crippen molar-refractivity contribution >= 4 is 23.4 Å². The van der Waals surface area contributed by atoms with E-state index in [9.17, 15) is 0 Å². The van der Waals surface area contributed by atoms with Gasteiger partial charge in [-0.05, 0) is 61.1 Å². The zero-order chi connectivity index (χ0) is 22.0. The van der Waals surface area contributed by atoms with E-state index in [1.165, 1.54) is 0 Å². The first-order valence-corrected chi connectivity index (χ1v) is 8.40. The van der Waals surface area contributed by atoms with Gasteiger partial charge in [0.15, 0.2) is 0 Å². The van der Waals surface area contributed by atoms with Gasteiger partial charge in [0.05, 0.1) is 18.1 Å². The van der Waals surface area contributed by atoms with Crippen LogP contribution in [0.15, 0.2) is 66.6 Å². The van der Waals surface area contributed by atoms with E-state index in [1.54, 1.807) is 6.07 Å². The molecule has 0 saturated carbocycles. The molecule has 0 aromatic heterocycles. The zero-order valence-electron chi connectivity index (χ0n) is 19.9. The van der Waals surface area contributed by atoms with Crippen molar-refractivity contribution in [2.24, 2.45) is 0 Å². The molecule has 0 atom stereocenters. The van der Waals surface area contributed by atoms with Crippen molar-refractivity contribution in [3.8, 4) is 11.1 Å². The molecule has 126 valence electrons. The fourth-order valence-electron chi connectivity index (χ4n) is 3.02. The third kappa shape index (κ3) is 2.78. The van der Waals surface area contributed by atoms with Gasteiger partial charge >= 0.3 is 7.12 Å². The fourth-order valence-corrected chi connectivity index (χ4v) is 3.02. The van der Waals surface area contributed by atoms with Crippen LogP contribution in [0.5, 0.6) is 0 Å². The molecule has 3 aromatic rings. The highest BCUT2D eigenvalue weighted by atomic mass is 16.7. The Hall–Kier alpha value is -2.10. The molecule has 25 heavy (non-hydrogen) atoms. The Morgan fingerprint density at radius 1 is 0.840 bits per heavy atom. The highest BCUT2D eigenvalue weighted by Gasteiger charge is 2.52. The lowest BCUT2D eigenvalue weighted by Crippen LogP contribution is -2.41. The third-order valence-electron chi connectivity index (χ3n) is 5.21. The first kappa shape index (κ1) is 11.5. The van der Waals surface area contributed by atoms with E-state index < -0.39 is 24.4 Å². The summed E-state index contributed by atoms with van der Waals surface area (Å²) in [5.74, 6) is 0. The van der Waals surface area contributed by atoms with Crippen molar-refractivity contribution in [2.75, 3.05) is 0 Å². The molecular weight excluding hydrogens is 307 g/mol. The minimum absolute atomic E-state index is 0.187. The van der Waals surface area contributed by atoms with Gasteiger partial charge in [0.1, 0.15) is 0 Å². The topological polar surface area (TPSA) is 18.5 Å². The average Bonchev–Trinajstić information content (AvgIpc) is 2.91. The molecule has 3 aromatic carbocycles. The summed E-state index contributed by atoms with van der Waals surface area (Å²) in [6, 6.07) is 9.86. The molecule has 2 nitrogen and oxygen atoms in total. The Morgan fingerprint density at radius 2 is 1.52 bits per heavy atom. The van der Waals surface area contributed by atoms with Crippen molar-refractivity contribution in [1.82, 2.24) is 0 Å². The van der Waals surface area contributed by atoms with Gasteiger partial charge in [0, 0.05) is 0 Å². The molecule has 1 fully saturated rings. The molecule has 0 radical (unpaired) electrons. The third-order valence-corrected chi connectivity index (χ3v) is 5.21. The second-order valence-corrected chi connectivity index (χ2v) is 7.37. The average molecular weight is 335 g/mol. The fraction of sp³-hybridized carbons (Fsp3) is 0.273. The summed E-state index contributed by atoms with van der Waals surface area (Å²) in [6.45, 7) is 7.99. The minimum Gasteiger partial charge on any atom is -0.399 e. The molecule has 0 spiro atoms. The molecule has 0 unspecified atom stereocenters. The second-order valence-electron chi connectivity index (χ2n) is 7.37. The Kier molecular flexibility index (Phi) is 2.63. The largest absolute Gasteiger partial charge is 0.495 e. The standard InChI is InChI=1S/C22H23BO2/c1-21(2)22(3,4)25-23(24-21)20-12-8-11-17-13-14-18(15-19(17)20)16-9-6-5-7-10-16/h5-15H,1-4H3/i5D,6D,7D,9D,10D. The number of hydrogen-bond donors (Lipinski definition) is 0. The summed E-state index contributed by atoms with van der Waals surface area (Å²) >= 11 is 0. The van der Waals surface area contributed by atoms with Gasteiger partial charge < -0.3 is 9.31 Å². The summed E-state index contributed by atoms with van der Waals surface area (Å²) in [4.78, 5) is 0. The Bertz CT molecular complexity index is 1130. The lowest BCUT2D eigenvalue weighted by Gasteiger charge is -2.32. The number of benzene rings is 3. The van der Waals surface area contributed by atoms with Crippen LogP contribution in [-0.4, -0.2) is 18.3 Å². The van der Waals surface area contributed by atoms with Gasteiger partial charge in [0.25, 0.3) is 0 Å². The van der Waals surface area contributed by atoms with Crippen molar-refractivity contribution in [1.29, 1.82) is 0 Å². The van der Waals surface area contributed by atoms with E-state index in [2.05, 4.69) is 0 Å². The molecule has 1 aliphatic rings. The minimum atomic E-state index is -0.561. The maximum atomic E-state index is 8.28. The summed E-state index contributed by atoms with van der Waals surface area (Å²) < 4.78 is 52.8. The zero-order valence-corrected chi connectivity index (χ0v) is 14.9. The first-order chi connectivity index (χ1) is 13.9. The van der Waals surface area contributed by atoms with Crippen LogP contribution in [0.4, 0.5) is 0 Å². The van der Waals surface area contributed by atoms with Gasteiger partial charge in [-0.2, -0.15) is 0 Å². The maximum Gasteiger partial charge on any atom is 0.495 e. The molecule has 0 aliphatic carbocycles. The molecule has 1 heterocycles. The van der Waals surface area contributed by atoms with Crippen molar-refractivity contribution in [2.45, 2.75) is 38.9 Å². The molecule has 0 N–H and O–H groups in total. The quantitative estimate of drug-likeness (QED) is 0.626. The maximum absolute atomic E-state index is 8.28. The van der Waals surface area contributed by atoms with Crippen LogP contribution in [-0.2, 0) is 9.31 Å². The van der Waals surface area contributed by atoms with E-state index in [1.807, 2.05) is 58.0 Å². The predicted molar refractivity (Wildman–Crippen MR) is 105 cm³/mol. The predicted octanol–water partition coefficient (Wildman–Crippen LogP) is 4.81. The van der Waals surface area contributed by atoms with Crippen molar-refractivity contribution in [3.63, 3.8) is 0 Å². The molecule has 3 heteroatoms. The summed E-state index contributed by atoms with van der Waals surface area (Å²) in [7, 11) is -0.561. The monoisotopic (exact) mass is 335 g/mol. The van der Waals surface area contributed by atoms with Crippen LogP contribution in [0.25, 0.3) is 21.9 Å². The SMILES string of the molecule is [2H]c1c([2H])c([2H])c(-c2ccc3cccc(B4OC(C)(C)C(C)(C)O4)c3c2)c([2H])c1[2H]. The van der Waals surface area contributed by atoms with Crippen LogP contribution in [0, 0.1) is 0 Å².